The highest BCUT2D eigenvalue weighted by Crippen LogP contribution is 2.38. The van der Waals surface area contributed by atoms with Gasteiger partial charge in [0.05, 0.1) is 12.0 Å². The number of alkyl halides is 3. The predicted octanol–water partition coefficient (Wildman–Crippen LogP) is 6.02. The summed E-state index contributed by atoms with van der Waals surface area (Å²) in [4.78, 5) is 24.9. The van der Waals surface area contributed by atoms with Crippen LogP contribution in [0.15, 0.2) is 51.7 Å². The van der Waals surface area contributed by atoms with Crippen molar-refractivity contribution in [3.63, 3.8) is 0 Å². The Labute approximate surface area is 187 Å². The Morgan fingerprint density at radius 1 is 1.12 bits per heavy atom. The van der Waals surface area contributed by atoms with Crippen LogP contribution in [0.1, 0.15) is 38.0 Å². The van der Waals surface area contributed by atoms with Crippen LogP contribution >= 0.6 is 0 Å². The number of benzene rings is 2. The molecule has 0 fully saturated rings. The maximum absolute atomic E-state index is 13.7. The van der Waals surface area contributed by atoms with Gasteiger partial charge in [-0.3, -0.25) is 4.79 Å². The van der Waals surface area contributed by atoms with Gasteiger partial charge in [0.25, 0.3) is 5.76 Å². The van der Waals surface area contributed by atoms with Crippen LogP contribution in [0.4, 0.5) is 13.2 Å². The molecule has 0 aliphatic carbocycles. The molecule has 1 atom stereocenters. The molecule has 1 heterocycles. The number of unbranched alkanes of at least 4 members (excludes halogenated alkanes) is 1. The first-order chi connectivity index (χ1) is 15.6. The average molecular weight is 464 g/mol. The minimum atomic E-state index is -4.99. The minimum absolute atomic E-state index is 0.0473. The molecule has 3 aromatic rings. The van der Waals surface area contributed by atoms with E-state index in [1.807, 2.05) is 6.92 Å². The summed E-state index contributed by atoms with van der Waals surface area (Å²) in [5.41, 5.74) is -0.591. The van der Waals surface area contributed by atoms with Crippen LogP contribution < -0.4 is 14.9 Å². The zero-order chi connectivity index (χ0) is 24.2. The first-order valence-electron chi connectivity index (χ1n) is 10.4. The van der Waals surface area contributed by atoms with Crippen LogP contribution in [0.3, 0.4) is 0 Å². The van der Waals surface area contributed by atoms with Crippen molar-refractivity contribution in [3.8, 4) is 17.2 Å². The van der Waals surface area contributed by atoms with Crippen molar-refractivity contribution >= 4 is 16.9 Å². The first-order valence-corrected chi connectivity index (χ1v) is 10.4. The number of ether oxygens (including phenoxy) is 3. The van der Waals surface area contributed by atoms with Gasteiger partial charge in [0.1, 0.15) is 17.1 Å². The number of halogens is 3. The number of hydrogen-bond acceptors (Lipinski definition) is 6. The minimum Gasteiger partial charge on any atom is -0.479 e. The fourth-order valence-electron chi connectivity index (χ4n) is 2.99. The summed E-state index contributed by atoms with van der Waals surface area (Å²) >= 11 is 0. The quantitative estimate of drug-likeness (QED) is 0.300. The van der Waals surface area contributed by atoms with E-state index in [9.17, 15) is 22.8 Å². The Bertz CT molecular complexity index is 1200. The van der Waals surface area contributed by atoms with Crippen molar-refractivity contribution in [1.29, 1.82) is 0 Å². The van der Waals surface area contributed by atoms with Crippen molar-refractivity contribution < 1.29 is 36.6 Å². The highest BCUT2D eigenvalue weighted by molar-refractivity contribution is 5.80. The van der Waals surface area contributed by atoms with Gasteiger partial charge in [-0.1, -0.05) is 25.5 Å². The number of rotatable bonds is 8. The Balaban J connectivity index is 1.96. The number of carbonyl (C=O) groups is 1. The van der Waals surface area contributed by atoms with E-state index in [-0.39, 0.29) is 29.1 Å². The molecule has 0 N–H and O–H groups in total. The van der Waals surface area contributed by atoms with Gasteiger partial charge in [-0.2, -0.15) is 13.2 Å². The second-order valence-corrected chi connectivity index (χ2v) is 7.44. The van der Waals surface area contributed by atoms with E-state index in [4.69, 9.17) is 18.6 Å². The lowest BCUT2D eigenvalue weighted by molar-refractivity contribution is -0.154. The Morgan fingerprint density at radius 3 is 2.55 bits per heavy atom. The summed E-state index contributed by atoms with van der Waals surface area (Å²) in [5, 5.41) is -0.129. The van der Waals surface area contributed by atoms with E-state index < -0.39 is 35.2 Å². The van der Waals surface area contributed by atoms with Crippen LogP contribution in [0.25, 0.3) is 11.0 Å². The molecule has 1 aromatic heterocycles. The summed E-state index contributed by atoms with van der Waals surface area (Å²) in [5.74, 6) is -3.01. The third kappa shape index (κ3) is 5.85. The summed E-state index contributed by atoms with van der Waals surface area (Å²) in [6, 6.07) is 10.0. The number of carbonyl (C=O) groups excluding carboxylic acids is 1. The molecule has 176 valence electrons. The van der Waals surface area contributed by atoms with Gasteiger partial charge < -0.3 is 18.6 Å². The lowest BCUT2D eigenvalue weighted by atomic mass is 10.2. The average Bonchev–Trinajstić information content (AvgIpc) is 2.75. The van der Waals surface area contributed by atoms with Crippen molar-refractivity contribution in [3.05, 3.63) is 64.0 Å². The van der Waals surface area contributed by atoms with Gasteiger partial charge in [-0.15, -0.1) is 0 Å². The van der Waals surface area contributed by atoms with Crippen LogP contribution in [-0.2, 0) is 15.7 Å². The van der Waals surface area contributed by atoms with Gasteiger partial charge in [0.15, 0.2) is 6.10 Å². The molecule has 9 heteroatoms. The Kier molecular flexibility index (Phi) is 7.30. The van der Waals surface area contributed by atoms with Gasteiger partial charge in [-0.25, -0.2) is 4.79 Å². The Morgan fingerprint density at radius 2 is 1.88 bits per heavy atom. The molecule has 0 amide bonds. The fraction of sp³-hybridized carbons (Fsp3) is 0.333. The maximum atomic E-state index is 13.7. The van der Waals surface area contributed by atoms with Crippen LogP contribution in [0, 0.1) is 6.92 Å². The summed E-state index contributed by atoms with van der Waals surface area (Å²) < 4.78 is 62.0. The molecule has 0 spiro atoms. The standard InChI is InChI=1S/C24H23F3O6/c1-4-5-11-30-23(29)15(3)31-17-9-10-18-19(13-17)33-22(24(25,26)27)21(20(18)28)32-16-8-6-7-14(2)12-16/h6-10,12-13,15H,4-5,11H2,1-3H3/t15-/m1/s1. The zero-order valence-electron chi connectivity index (χ0n) is 18.3. The van der Waals surface area contributed by atoms with E-state index in [2.05, 4.69) is 0 Å². The molecule has 33 heavy (non-hydrogen) atoms. The monoisotopic (exact) mass is 464 g/mol. The van der Waals surface area contributed by atoms with E-state index in [0.717, 1.165) is 18.1 Å². The highest BCUT2D eigenvalue weighted by Gasteiger charge is 2.40. The topological polar surface area (TPSA) is 75.0 Å². The van der Waals surface area contributed by atoms with Gasteiger partial charge in [0.2, 0.25) is 11.2 Å². The highest BCUT2D eigenvalue weighted by atomic mass is 19.4. The third-order valence-corrected chi connectivity index (χ3v) is 4.68. The van der Waals surface area contributed by atoms with E-state index in [0.29, 0.717) is 6.42 Å². The molecule has 3 rings (SSSR count). The molecule has 0 saturated carbocycles. The lowest BCUT2D eigenvalue weighted by Crippen LogP contribution is -2.26. The molecule has 0 saturated heterocycles. The normalized spacial score (nSPS) is 12.4. The molecule has 2 aromatic carbocycles. The molecular weight excluding hydrogens is 441 g/mol. The van der Waals surface area contributed by atoms with Crippen molar-refractivity contribution in [2.75, 3.05) is 6.61 Å². The van der Waals surface area contributed by atoms with Crippen LogP contribution in [0.2, 0.25) is 0 Å². The second kappa shape index (κ2) is 9.97. The van der Waals surface area contributed by atoms with Gasteiger partial charge in [0, 0.05) is 6.07 Å². The maximum Gasteiger partial charge on any atom is 0.453 e. The molecule has 6 nitrogen and oxygen atoms in total. The van der Waals surface area contributed by atoms with Crippen molar-refractivity contribution in [2.45, 2.75) is 45.9 Å². The Hall–Kier alpha value is -3.49. The smallest absolute Gasteiger partial charge is 0.453 e. The number of esters is 1. The summed E-state index contributed by atoms with van der Waals surface area (Å²) in [6.45, 7) is 5.38. The van der Waals surface area contributed by atoms with Crippen LogP contribution in [0.5, 0.6) is 17.2 Å². The number of aryl methyl sites for hydroxylation is 1. The first kappa shape index (κ1) is 24.2. The summed E-state index contributed by atoms with van der Waals surface area (Å²) in [7, 11) is 0. The molecule has 0 aliphatic heterocycles. The van der Waals surface area contributed by atoms with Crippen molar-refractivity contribution in [1.82, 2.24) is 0 Å². The largest absolute Gasteiger partial charge is 0.479 e. The predicted molar refractivity (Wildman–Crippen MR) is 115 cm³/mol. The SMILES string of the molecule is CCCCOC(=O)[C@@H](C)Oc1ccc2c(=O)c(Oc3cccc(C)c3)c(C(F)(F)F)oc2c1. The third-order valence-electron chi connectivity index (χ3n) is 4.68. The zero-order valence-corrected chi connectivity index (χ0v) is 18.3. The molecule has 0 aliphatic rings. The fourth-order valence-corrected chi connectivity index (χ4v) is 2.99. The second-order valence-electron chi connectivity index (χ2n) is 7.44. The summed E-state index contributed by atoms with van der Waals surface area (Å²) in [6.07, 6.45) is -4.44. The lowest BCUT2D eigenvalue weighted by Gasteiger charge is -2.16. The van der Waals surface area contributed by atoms with Gasteiger partial charge >= 0.3 is 12.1 Å². The van der Waals surface area contributed by atoms with E-state index in [1.165, 1.54) is 31.2 Å². The molecule has 0 bridgehead atoms. The molecule has 0 radical (unpaired) electrons. The van der Waals surface area contributed by atoms with E-state index in [1.54, 1.807) is 19.1 Å². The number of fused-ring (bicyclic) bond motifs is 1. The molecule has 0 unspecified atom stereocenters. The van der Waals surface area contributed by atoms with Crippen molar-refractivity contribution in [2.24, 2.45) is 0 Å². The van der Waals surface area contributed by atoms with Crippen LogP contribution in [-0.4, -0.2) is 18.7 Å². The molecular formula is C24H23F3O6. The number of hydrogen-bond donors (Lipinski definition) is 0. The van der Waals surface area contributed by atoms with E-state index >= 15 is 0 Å². The van der Waals surface area contributed by atoms with Gasteiger partial charge in [-0.05, 0) is 50.1 Å².